The van der Waals surface area contributed by atoms with Crippen molar-refractivity contribution in [3.8, 4) is 0 Å². The van der Waals surface area contributed by atoms with Crippen LogP contribution < -0.4 is 0 Å². The Hall–Kier alpha value is -2.73. The van der Waals surface area contributed by atoms with Crippen LogP contribution in [0.4, 0.5) is 4.39 Å². The monoisotopic (exact) mass is 360 g/mol. The third kappa shape index (κ3) is 4.03. The lowest BCUT2D eigenvalue weighted by atomic mass is 9.93. The van der Waals surface area contributed by atoms with Crippen LogP contribution in [0.3, 0.4) is 0 Å². The molecule has 0 aliphatic rings. The van der Waals surface area contributed by atoms with E-state index in [0.717, 1.165) is 0 Å². The summed E-state index contributed by atoms with van der Waals surface area (Å²) in [5.74, 6) is -2.70. The minimum Gasteiger partial charge on any atom is -0.481 e. The highest BCUT2D eigenvalue weighted by Crippen LogP contribution is 2.21. The van der Waals surface area contributed by atoms with Gasteiger partial charge in [-0.2, -0.15) is 0 Å². The zero-order chi connectivity index (χ0) is 18.0. The van der Waals surface area contributed by atoms with Crippen molar-refractivity contribution in [2.75, 3.05) is 0 Å². The highest BCUT2D eigenvalue weighted by atomic mass is 35.5. The molecule has 0 saturated carbocycles. The summed E-state index contributed by atoms with van der Waals surface area (Å²) in [5.41, 5.74) is 1.46. The van der Waals surface area contributed by atoms with Crippen LogP contribution in [0.5, 0.6) is 0 Å². The minimum absolute atomic E-state index is 0.145. The number of aromatic nitrogens is 2. The van der Waals surface area contributed by atoms with Crippen LogP contribution in [0, 0.1) is 11.7 Å². The number of hydrogen-bond donors (Lipinski definition) is 2. The minimum atomic E-state index is -1.07. The average Bonchev–Trinajstić information content (AvgIpc) is 2.99. The summed E-state index contributed by atoms with van der Waals surface area (Å²) in [4.78, 5) is 30.9. The predicted molar refractivity (Wildman–Crippen MR) is 91.3 cm³/mol. The van der Waals surface area contributed by atoms with Crippen LogP contribution in [0.15, 0.2) is 42.6 Å². The molecule has 2 aromatic heterocycles. The largest absolute Gasteiger partial charge is 0.481 e. The van der Waals surface area contributed by atoms with Gasteiger partial charge < -0.3 is 10.1 Å². The van der Waals surface area contributed by atoms with Gasteiger partial charge in [0.25, 0.3) is 0 Å². The number of aromatic amines is 1. The third-order valence-electron chi connectivity index (χ3n) is 3.91. The van der Waals surface area contributed by atoms with E-state index in [1.54, 1.807) is 12.1 Å². The number of H-pyrrole nitrogens is 1. The SMILES string of the molecule is O=C(C[C@@H](Cc1ccc(F)cc1)C(=O)O)c1cc2cc(Cl)cnc2[nH]1. The topological polar surface area (TPSA) is 83.1 Å². The predicted octanol–water partition coefficient (Wildman–Crippen LogP) is 3.87. The molecule has 1 aromatic carbocycles. The maximum Gasteiger partial charge on any atom is 0.307 e. The van der Waals surface area contributed by atoms with Crippen molar-refractivity contribution < 1.29 is 19.1 Å². The van der Waals surface area contributed by atoms with Gasteiger partial charge in [0.05, 0.1) is 16.6 Å². The molecule has 0 radical (unpaired) electrons. The standard InChI is InChI=1S/C18H14ClFN2O3/c19-13-6-11-7-15(22-17(11)21-9-13)16(23)8-12(18(24)25)5-10-1-3-14(20)4-2-10/h1-4,6-7,9,12H,5,8H2,(H,21,22)(H,24,25)/t12-/m1/s1. The summed E-state index contributed by atoms with van der Waals surface area (Å²) in [6.07, 6.45) is 1.43. The van der Waals surface area contributed by atoms with Crippen LogP contribution in [0.2, 0.25) is 5.02 Å². The second-order valence-corrected chi connectivity index (χ2v) is 6.20. The normalized spacial score (nSPS) is 12.2. The van der Waals surface area contributed by atoms with Crippen molar-refractivity contribution in [3.05, 3.63) is 64.7 Å². The van der Waals surface area contributed by atoms with E-state index in [-0.39, 0.29) is 24.3 Å². The highest BCUT2D eigenvalue weighted by Gasteiger charge is 2.23. The summed E-state index contributed by atoms with van der Waals surface area (Å²) >= 11 is 5.87. The molecule has 0 aliphatic carbocycles. The van der Waals surface area contributed by atoms with Crippen LogP contribution in [-0.4, -0.2) is 26.8 Å². The molecular formula is C18H14ClFN2O3. The molecule has 5 nitrogen and oxygen atoms in total. The molecule has 0 spiro atoms. The van der Waals surface area contributed by atoms with Gasteiger partial charge in [-0.25, -0.2) is 9.37 Å². The fourth-order valence-corrected chi connectivity index (χ4v) is 2.79. The van der Waals surface area contributed by atoms with Crippen molar-refractivity contribution in [3.63, 3.8) is 0 Å². The Morgan fingerprint density at radius 2 is 1.96 bits per heavy atom. The number of aliphatic carboxylic acids is 1. The Bertz CT molecular complexity index is 937. The number of hydrogen-bond acceptors (Lipinski definition) is 3. The molecule has 1 atom stereocenters. The van der Waals surface area contributed by atoms with Crippen molar-refractivity contribution in [1.29, 1.82) is 0 Å². The maximum atomic E-state index is 13.0. The number of nitrogens with one attached hydrogen (secondary N) is 1. The molecule has 2 N–H and O–H groups in total. The molecule has 25 heavy (non-hydrogen) atoms. The number of fused-ring (bicyclic) bond motifs is 1. The Morgan fingerprint density at radius 1 is 1.24 bits per heavy atom. The van der Waals surface area contributed by atoms with E-state index in [1.165, 1.54) is 30.5 Å². The maximum absolute atomic E-state index is 13.0. The molecule has 3 rings (SSSR count). The number of pyridine rings is 1. The number of carbonyl (C=O) groups excluding carboxylic acids is 1. The zero-order valence-corrected chi connectivity index (χ0v) is 13.8. The van der Waals surface area contributed by atoms with Crippen molar-refractivity contribution >= 4 is 34.4 Å². The van der Waals surface area contributed by atoms with Gasteiger partial charge in [0, 0.05) is 18.0 Å². The lowest BCUT2D eigenvalue weighted by Crippen LogP contribution is -2.20. The summed E-state index contributed by atoms with van der Waals surface area (Å²) in [6.45, 7) is 0. The molecule has 3 aromatic rings. The smallest absolute Gasteiger partial charge is 0.307 e. The van der Waals surface area contributed by atoms with Crippen LogP contribution >= 0.6 is 11.6 Å². The summed E-state index contributed by atoms with van der Waals surface area (Å²) < 4.78 is 13.0. The molecule has 7 heteroatoms. The van der Waals surface area contributed by atoms with Crippen molar-refractivity contribution in [1.82, 2.24) is 9.97 Å². The fraction of sp³-hybridized carbons (Fsp3) is 0.167. The van der Waals surface area contributed by atoms with Gasteiger partial charge in [-0.05, 0) is 36.2 Å². The molecule has 0 fully saturated rings. The Morgan fingerprint density at radius 3 is 2.64 bits per heavy atom. The van der Waals surface area contributed by atoms with Gasteiger partial charge in [0.15, 0.2) is 5.78 Å². The van der Waals surface area contributed by atoms with E-state index in [9.17, 15) is 19.1 Å². The third-order valence-corrected chi connectivity index (χ3v) is 4.12. The summed E-state index contributed by atoms with van der Waals surface area (Å²) in [6, 6.07) is 8.85. The lowest BCUT2D eigenvalue weighted by molar-refractivity contribution is -0.141. The van der Waals surface area contributed by atoms with E-state index in [1.807, 2.05) is 0 Å². The van der Waals surface area contributed by atoms with E-state index < -0.39 is 17.7 Å². The second kappa shape index (κ2) is 7.03. The number of Topliss-reactive ketones (excluding diaryl/α,β-unsaturated/α-hetero) is 1. The fourth-order valence-electron chi connectivity index (χ4n) is 2.62. The van der Waals surface area contributed by atoms with Gasteiger partial charge in [-0.1, -0.05) is 23.7 Å². The number of rotatable bonds is 6. The van der Waals surface area contributed by atoms with Gasteiger partial charge in [-0.15, -0.1) is 0 Å². The van der Waals surface area contributed by atoms with E-state index in [4.69, 9.17) is 11.6 Å². The Kier molecular flexibility index (Phi) is 4.81. The first kappa shape index (κ1) is 17.1. The number of carbonyl (C=O) groups is 2. The van der Waals surface area contributed by atoms with Crippen LogP contribution in [0.25, 0.3) is 11.0 Å². The summed E-state index contributed by atoms with van der Waals surface area (Å²) in [7, 11) is 0. The van der Waals surface area contributed by atoms with Crippen LogP contribution in [-0.2, 0) is 11.2 Å². The van der Waals surface area contributed by atoms with E-state index >= 15 is 0 Å². The second-order valence-electron chi connectivity index (χ2n) is 5.77. The molecule has 2 heterocycles. The molecular weight excluding hydrogens is 347 g/mol. The van der Waals surface area contributed by atoms with E-state index in [0.29, 0.717) is 21.6 Å². The zero-order valence-electron chi connectivity index (χ0n) is 13.0. The molecule has 0 aliphatic heterocycles. The van der Waals surface area contributed by atoms with Gasteiger partial charge in [0.2, 0.25) is 0 Å². The lowest BCUT2D eigenvalue weighted by Gasteiger charge is -2.11. The Labute approximate surface area is 147 Å². The molecule has 0 unspecified atom stereocenters. The molecule has 0 amide bonds. The van der Waals surface area contributed by atoms with Crippen LogP contribution in [0.1, 0.15) is 22.5 Å². The Balaban J connectivity index is 1.77. The summed E-state index contributed by atoms with van der Waals surface area (Å²) in [5, 5.41) is 10.5. The van der Waals surface area contributed by atoms with Gasteiger partial charge in [-0.3, -0.25) is 9.59 Å². The number of benzene rings is 1. The van der Waals surface area contributed by atoms with Gasteiger partial charge in [0.1, 0.15) is 11.5 Å². The average molecular weight is 361 g/mol. The number of carboxylic acid groups (broad SMARTS) is 1. The molecule has 0 bridgehead atoms. The molecule has 128 valence electrons. The van der Waals surface area contributed by atoms with Crippen molar-refractivity contribution in [2.24, 2.45) is 5.92 Å². The number of ketones is 1. The highest BCUT2D eigenvalue weighted by molar-refractivity contribution is 6.31. The number of halogens is 2. The molecule has 0 saturated heterocycles. The van der Waals surface area contributed by atoms with E-state index in [2.05, 4.69) is 9.97 Å². The first-order valence-electron chi connectivity index (χ1n) is 7.57. The first-order valence-corrected chi connectivity index (χ1v) is 7.95. The quantitative estimate of drug-likeness (QED) is 0.653. The number of carboxylic acids is 1. The first-order chi connectivity index (χ1) is 11.9. The number of nitrogens with zero attached hydrogens (tertiary/aromatic N) is 1. The van der Waals surface area contributed by atoms with Gasteiger partial charge >= 0.3 is 5.97 Å². The van der Waals surface area contributed by atoms with Crippen molar-refractivity contribution in [2.45, 2.75) is 12.8 Å².